The largest absolute Gasteiger partial charge is 0.481 e. The third kappa shape index (κ3) is 4.33. The summed E-state index contributed by atoms with van der Waals surface area (Å²) >= 11 is 2.71. The molecular weight excluding hydrogens is 510 g/mol. The maximum atomic E-state index is 12.7. The number of carbonyl (C=O) groups excluding carboxylic acids is 1. The predicted octanol–water partition coefficient (Wildman–Crippen LogP) is 6.32. The summed E-state index contributed by atoms with van der Waals surface area (Å²) in [6.45, 7) is 1.80. The van der Waals surface area contributed by atoms with Crippen molar-refractivity contribution in [2.45, 2.75) is 31.3 Å². The van der Waals surface area contributed by atoms with Crippen molar-refractivity contribution in [2.24, 2.45) is 0 Å². The fourth-order valence-corrected chi connectivity index (χ4v) is 6.21. The van der Waals surface area contributed by atoms with E-state index in [1.165, 1.54) is 22.7 Å². The summed E-state index contributed by atoms with van der Waals surface area (Å²) in [6.07, 6.45) is 0.143. The van der Waals surface area contributed by atoms with Gasteiger partial charge in [0, 0.05) is 5.39 Å². The monoisotopic (exact) mass is 529 g/mol. The zero-order chi connectivity index (χ0) is 25.6. The number of aliphatic carboxylic acids is 1. The van der Waals surface area contributed by atoms with Crippen molar-refractivity contribution in [1.29, 1.82) is 0 Å². The van der Waals surface area contributed by atoms with Crippen LogP contribution in [-0.4, -0.2) is 27.1 Å². The van der Waals surface area contributed by atoms with Crippen LogP contribution in [0, 0.1) is 11.8 Å². The molecule has 3 aromatic heterocycles. The van der Waals surface area contributed by atoms with E-state index in [4.69, 9.17) is 9.15 Å². The van der Waals surface area contributed by atoms with Gasteiger partial charge in [-0.05, 0) is 49.3 Å². The molecule has 5 aromatic rings. The number of anilines is 1. The van der Waals surface area contributed by atoms with Gasteiger partial charge in [0.05, 0.1) is 0 Å². The van der Waals surface area contributed by atoms with Crippen LogP contribution >= 0.6 is 22.7 Å². The lowest BCUT2D eigenvalue weighted by atomic mass is 10.1. The van der Waals surface area contributed by atoms with Gasteiger partial charge in [0.25, 0.3) is 0 Å². The van der Waals surface area contributed by atoms with Crippen LogP contribution in [0.2, 0.25) is 0 Å². The number of amides is 1. The van der Waals surface area contributed by atoms with E-state index in [0.717, 1.165) is 9.58 Å². The lowest BCUT2D eigenvalue weighted by Crippen LogP contribution is -2.18. The van der Waals surface area contributed by atoms with E-state index in [1.807, 2.05) is 48.5 Å². The van der Waals surface area contributed by atoms with Crippen molar-refractivity contribution in [3.05, 3.63) is 75.9 Å². The Bertz CT molecular complexity index is 1690. The Morgan fingerprint density at radius 2 is 1.84 bits per heavy atom. The fourth-order valence-electron chi connectivity index (χ4n) is 4.00. The van der Waals surface area contributed by atoms with Gasteiger partial charge in [-0.1, -0.05) is 53.8 Å². The van der Waals surface area contributed by atoms with Crippen molar-refractivity contribution < 1.29 is 23.8 Å². The average Bonchev–Trinajstić information content (AvgIpc) is 3.33. The number of hydrogen-bond acceptors (Lipinski definition) is 8. The molecule has 3 heterocycles. The zero-order valence-corrected chi connectivity index (χ0v) is 21.1. The Hall–Kier alpha value is -4.20. The number of ether oxygens (including phenoxy) is 1. The van der Waals surface area contributed by atoms with Crippen LogP contribution < -0.4 is 5.32 Å². The average molecular weight is 530 g/mol. The fraction of sp³-hybridized carbons (Fsp3) is 0.185. The summed E-state index contributed by atoms with van der Waals surface area (Å²) in [7, 11) is 0. The van der Waals surface area contributed by atoms with Gasteiger partial charge in [0.1, 0.15) is 31.8 Å². The molecular formula is C27H19N3O5S2. The first-order valence-corrected chi connectivity index (χ1v) is 13.1. The molecule has 0 saturated heterocycles. The van der Waals surface area contributed by atoms with Crippen LogP contribution in [0.25, 0.3) is 20.6 Å². The molecule has 0 spiro atoms. The third-order valence-electron chi connectivity index (χ3n) is 6.20. The number of nitrogens with zero attached hydrogens (tertiary/aromatic N) is 2. The number of rotatable bonds is 5. The predicted molar refractivity (Wildman–Crippen MR) is 141 cm³/mol. The van der Waals surface area contributed by atoms with Crippen LogP contribution in [0.3, 0.4) is 0 Å². The second-order valence-electron chi connectivity index (χ2n) is 8.67. The first-order valence-electron chi connectivity index (χ1n) is 11.5. The summed E-state index contributed by atoms with van der Waals surface area (Å²) in [6, 6.07) is 16.8. The van der Waals surface area contributed by atoms with E-state index in [0.29, 0.717) is 45.2 Å². The molecule has 1 fully saturated rings. The Morgan fingerprint density at radius 1 is 1.08 bits per heavy atom. The van der Waals surface area contributed by atoms with E-state index in [9.17, 15) is 14.7 Å². The summed E-state index contributed by atoms with van der Waals surface area (Å²) in [5, 5.41) is 14.1. The summed E-state index contributed by atoms with van der Waals surface area (Å²) in [5.74, 6) is 5.42. The molecule has 0 bridgehead atoms. The maximum absolute atomic E-state index is 12.7. The van der Waals surface area contributed by atoms with E-state index in [2.05, 4.69) is 27.1 Å². The van der Waals surface area contributed by atoms with Crippen LogP contribution in [0.1, 0.15) is 47.2 Å². The number of carbonyl (C=O) groups is 2. The third-order valence-corrected chi connectivity index (χ3v) is 8.50. The van der Waals surface area contributed by atoms with Gasteiger partial charge in [-0.25, -0.2) is 14.8 Å². The number of hydrogen-bond donors (Lipinski definition) is 2. The highest BCUT2D eigenvalue weighted by atomic mass is 32.2. The summed E-state index contributed by atoms with van der Waals surface area (Å²) in [4.78, 5) is 33.3. The van der Waals surface area contributed by atoms with E-state index in [1.54, 1.807) is 13.0 Å². The van der Waals surface area contributed by atoms with Gasteiger partial charge < -0.3 is 14.3 Å². The molecule has 0 aliphatic heterocycles. The van der Waals surface area contributed by atoms with E-state index < -0.39 is 23.6 Å². The topological polar surface area (TPSA) is 115 Å². The highest BCUT2D eigenvalue weighted by molar-refractivity contribution is 7.38. The summed E-state index contributed by atoms with van der Waals surface area (Å²) < 4.78 is 12.3. The first-order chi connectivity index (χ1) is 17.9. The normalized spacial score (nSPS) is 14.6. The lowest BCUT2D eigenvalue weighted by molar-refractivity contribution is -0.140. The molecule has 6 rings (SSSR count). The highest BCUT2D eigenvalue weighted by Crippen LogP contribution is 2.51. The molecule has 1 saturated carbocycles. The molecule has 1 aliphatic rings. The minimum atomic E-state index is -0.849. The number of fused-ring (bicyclic) bond motifs is 2. The molecule has 1 unspecified atom stereocenters. The smallest absolute Gasteiger partial charge is 0.412 e. The molecule has 2 N–H and O–H groups in total. The van der Waals surface area contributed by atoms with Crippen LogP contribution in [-0.2, 0) is 14.9 Å². The van der Waals surface area contributed by atoms with E-state index >= 15 is 0 Å². The molecule has 184 valence electrons. The van der Waals surface area contributed by atoms with Gasteiger partial charge in [-0.2, -0.15) is 0 Å². The molecule has 2 aromatic carbocycles. The molecule has 37 heavy (non-hydrogen) atoms. The van der Waals surface area contributed by atoms with Crippen molar-refractivity contribution in [3.8, 4) is 11.8 Å². The van der Waals surface area contributed by atoms with Gasteiger partial charge in [-0.3, -0.25) is 10.1 Å². The Kier molecular flexibility index (Phi) is 5.67. The van der Waals surface area contributed by atoms with Crippen molar-refractivity contribution in [3.63, 3.8) is 0 Å². The quantitative estimate of drug-likeness (QED) is 0.256. The number of aromatic nitrogens is 2. The Labute approximate surface area is 218 Å². The van der Waals surface area contributed by atoms with Crippen molar-refractivity contribution in [2.75, 3.05) is 5.32 Å². The minimum Gasteiger partial charge on any atom is -0.481 e. The van der Waals surface area contributed by atoms with Gasteiger partial charge in [0.2, 0.25) is 5.76 Å². The number of furan rings is 1. The van der Waals surface area contributed by atoms with Crippen molar-refractivity contribution in [1.82, 2.24) is 9.97 Å². The maximum Gasteiger partial charge on any atom is 0.412 e. The molecule has 10 heteroatoms. The SMILES string of the molecule is CC(OC(=O)Nc1c(C#Cc2nc3nc(C4(C(=O)O)CC4)sc3s2)oc2ccccc12)c1ccccc1. The number of nitrogens with one attached hydrogen (secondary N) is 1. The number of thiazole rings is 2. The molecule has 8 nitrogen and oxygen atoms in total. The zero-order valence-electron chi connectivity index (χ0n) is 19.5. The second-order valence-corrected chi connectivity index (χ2v) is 10.9. The molecule has 0 radical (unpaired) electrons. The number of benzene rings is 2. The molecule has 1 amide bonds. The van der Waals surface area contributed by atoms with Crippen LogP contribution in [0.15, 0.2) is 59.0 Å². The molecule has 1 atom stereocenters. The standard InChI is InChI=1S/C27H19N3O5S2/c1-15(16-7-3-2-4-8-16)34-26(33)29-21-17-9-5-6-10-18(17)35-19(21)11-12-20-28-22-23(36-20)37-24(30-22)27(13-14-27)25(31)32/h2-10,15H,13-14H2,1H3,(H,29,33)(H,31,32). The minimum absolute atomic E-state index is 0.278. The number of para-hydroxylation sites is 1. The van der Waals surface area contributed by atoms with Gasteiger partial charge >= 0.3 is 12.1 Å². The van der Waals surface area contributed by atoms with Crippen molar-refractivity contribution >= 4 is 61.1 Å². The van der Waals surface area contributed by atoms with Crippen LogP contribution in [0.5, 0.6) is 0 Å². The summed E-state index contributed by atoms with van der Waals surface area (Å²) in [5.41, 5.74) is 1.53. The second kappa shape index (κ2) is 9.03. The van der Waals surface area contributed by atoms with Gasteiger partial charge in [-0.15, -0.1) is 11.3 Å². The molecule has 1 aliphatic carbocycles. The number of carboxylic acids is 1. The first kappa shape index (κ1) is 23.2. The lowest BCUT2D eigenvalue weighted by Gasteiger charge is -2.14. The number of carboxylic acid groups (broad SMARTS) is 1. The van der Waals surface area contributed by atoms with E-state index in [-0.39, 0.29) is 5.76 Å². The Morgan fingerprint density at radius 3 is 2.57 bits per heavy atom. The Balaban J connectivity index is 1.26. The van der Waals surface area contributed by atoms with Crippen LogP contribution in [0.4, 0.5) is 10.5 Å². The highest BCUT2D eigenvalue weighted by Gasteiger charge is 2.54. The van der Waals surface area contributed by atoms with Gasteiger partial charge in [0.15, 0.2) is 10.7 Å².